The molecule has 1 saturated heterocycles. The molecule has 0 aromatic carbocycles. The van der Waals surface area contributed by atoms with Crippen LogP contribution >= 0.6 is 23.1 Å². The van der Waals surface area contributed by atoms with Crippen LogP contribution in [-0.4, -0.2) is 35.1 Å². The normalized spacial score (nSPS) is 20.6. The number of thiazole rings is 1. The van der Waals surface area contributed by atoms with Gasteiger partial charge in [-0.25, -0.2) is 9.97 Å². The van der Waals surface area contributed by atoms with Gasteiger partial charge in [0.1, 0.15) is 10.3 Å². The number of hydrogen-bond acceptors (Lipinski definition) is 6. The third-order valence-electron chi connectivity index (χ3n) is 2.33. The third-order valence-corrected chi connectivity index (χ3v) is 4.59. The molecule has 0 radical (unpaired) electrons. The molecule has 0 spiro atoms. The second-order valence-corrected chi connectivity index (χ2v) is 5.75. The van der Waals surface area contributed by atoms with Crippen LogP contribution in [0, 0.1) is 0 Å². The van der Waals surface area contributed by atoms with Crippen LogP contribution in [0.15, 0.2) is 22.7 Å². The lowest BCUT2D eigenvalue weighted by molar-refractivity contribution is 0.130. The van der Waals surface area contributed by atoms with Gasteiger partial charge in [0.15, 0.2) is 4.34 Å². The van der Waals surface area contributed by atoms with Gasteiger partial charge in [0.25, 0.3) is 0 Å². The second-order valence-electron chi connectivity index (χ2n) is 3.51. The van der Waals surface area contributed by atoms with Crippen LogP contribution in [0.2, 0.25) is 0 Å². The van der Waals surface area contributed by atoms with Crippen LogP contribution in [0.3, 0.4) is 0 Å². The van der Waals surface area contributed by atoms with E-state index in [9.17, 15) is 0 Å². The standard InChI is InChI=1S/C10H11N3OS2/c1-2-8-9(12-3-1)16-10(13-8)15-5-7-4-11-6-14-7/h1-3,7,11H,4-6H2. The Morgan fingerprint density at radius 1 is 1.62 bits per heavy atom. The predicted octanol–water partition coefficient (Wildman–Crippen LogP) is 1.73. The highest BCUT2D eigenvalue weighted by atomic mass is 32.2. The molecule has 0 amide bonds. The largest absolute Gasteiger partial charge is 0.361 e. The first kappa shape index (κ1) is 10.5. The number of thioether (sulfide) groups is 1. The minimum absolute atomic E-state index is 0.310. The van der Waals surface area contributed by atoms with Gasteiger partial charge in [-0.1, -0.05) is 23.1 Å². The first-order valence-electron chi connectivity index (χ1n) is 5.08. The fourth-order valence-corrected chi connectivity index (χ4v) is 3.56. The summed E-state index contributed by atoms with van der Waals surface area (Å²) in [6, 6.07) is 3.91. The van der Waals surface area contributed by atoms with Crippen LogP contribution in [-0.2, 0) is 4.74 Å². The summed E-state index contributed by atoms with van der Waals surface area (Å²) in [5, 5.41) is 3.17. The van der Waals surface area contributed by atoms with Crippen molar-refractivity contribution < 1.29 is 4.74 Å². The maximum absolute atomic E-state index is 5.48. The molecule has 3 rings (SSSR count). The molecule has 84 valence electrons. The van der Waals surface area contributed by atoms with Crippen molar-refractivity contribution in [2.45, 2.75) is 10.4 Å². The average molecular weight is 253 g/mol. The number of ether oxygens (including phenoxy) is 1. The van der Waals surface area contributed by atoms with Gasteiger partial charge in [0, 0.05) is 18.5 Å². The summed E-state index contributed by atoms with van der Waals surface area (Å²) < 4.78 is 6.55. The Bertz CT molecular complexity index is 449. The van der Waals surface area contributed by atoms with Crippen molar-refractivity contribution in [2.24, 2.45) is 0 Å². The highest BCUT2D eigenvalue weighted by Gasteiger charge is 2.16. The molecule has 0 aliphatic carbocycles. The molecular weight excluding hydrogens is 242 g/mol. The molecule has 1 atom stereocenters. The Kier molecular flexibility index (Phi) is 3.05. The highest BCUT2D eigenvalue weighted by Crippen LogP contribution is 2.28. The SMILES string of the molecule is c1cnc2sc(SCC3CNCO3)nc2c1. The second kappa shape index (κ2) is 4.67. The average Bonchev–Trinajstić information content (AvgIpc) is 2.95. The molecule has 3 heterocycles. The van der Waals surface area contributed by atoms with Crippen LogP contribution < -0.4 is 5.32 Å². The highest BCUT2D eigenvalue weighted by molar-refractivity contribution is 8.01. The van der Waals surface area contributed by atoms with Gasteiger partial charge < -0.3 is 4.74 Å². The molecule has 0 bridgehead atoms. The molecule has 4 nitrogen and oxygen atoms in total. The molecule has 2 aromatic rings. The molecule has 0 saturated carbocycles. The van der Waals surface area contributed by atoms with Gasteiger partial charge in [0.2, 0.25) is 0 Å². The van der Waals surface area contributed by atoms with Crippen molar-refractivity contribution in [3.05, 3.63) is 18.3 Å². The zero-order valence-corrected chi connectivity index (χ0v) is 10.2. The van der Waals surface area contributed by atoms with E-state index in [0.717, 1.165) is 27.0 Å². The van der Waals surface area contributed by atoms with Crippen LogP contribution in [0.25, 0.3) is 10.3 Å². The maximum Gasteiger partial charge on any atom is 0.152 e. The van der Waals surface area contributed by atoms with E-state index in [1.165, 1.54) is 0 Å². The predicted molar refractivity (Wildman–Crippen MR) is 65.9 cm³/mol. The molecule has 1 aliphatic heterocycles. The Morgan fingerprint density at radius 2 is 2.62 bits per heavy atom. The van der Waals surface area contributed by atoms with E-state index in [1.807, 2.05) is 12.1 Å². The molecule has 6 heteroatoms. The minimum atomic E-state index is 0.310. The molecule has 1 N–H and O–H groups in total. The van der Waals surface area contributed by atoms with E-state index in [4.69, 9.17) is 4.74 Å². The maximum atomic E-state index is 5.48. The third kappa shape index (κ3) is 2.20. The minimum Gasteiger partial charge on any atom is -0.361 e. The van der Waals surface area contributed by atoms with Crippen LogP contribution in [0.4, 0.5) is 0 Å². The van der Waals surface area contributed by atoms with Crippen LogP contribution in [0.5, 0.6) is 0 Å². The van der Waals surface area contributed by atoms with Crippen molar-refractivity contribution in [2.75, 3.05) is 19.0 Å². The first-order valence-corrected chi connectivity index (χ1v) is 6.89. The van der Waals surface area contributed by atoms with E-state index < -0.39 is 0 Å². The summed E-state index contributed by atoms with van der Waals surface area (Å²) in [7, 11) is 0. The Labute approximate surface area is 101 Å². The number of rotatable bonds is 3. The van der Waals surface area contributed by atoms with E-state index in [1.54, 1.807) is 29.3 Å². The zero-order chi connectivity index (χ0) is 10.8. The molecular formula is C10H11N3OS2. The molecule has 1 unspecified atom stereocenters. The topological polar surface area (TPSA) is 47.0 Å². The number of hydrogen-bond donors (Lipinski definition) is 1. The summed E-state index contributed by atoms with van der Waals surface area (Å²) in [5.41, 5.74) is 0.987. The summed E-state index contributed by atoms with van der Waals surface area (Å²) in [6.07, 6.45) is 2.11. The van der Waals surface area contributed by atoms with Gasteiger partial charge in [-0.2, -0.15) is 0 Å². The monoisotopic (exact) mass is 253 g/mol. The first-order chi connectivity index (χ1) is 7.92. The molecule has 1 fully saturated rings. The van der Waals surface area contributed by atoms with Gasteiger partial charge in [-0.05, 0) is 12.1 Å². The fourth-order valence-electron chi connectivity index (χ4n) is 1.54. The molecule has 2 aromatic heterocycles. The van der Waals surface area contributed by atoms with E-state index in [0.29, 0.717) is 12.8 Å². The van der Waals surface area contributed by atoms with Crippen molar-refractivity contribution in [3.8, 4) is 0 Å². The van der Waals surface area contributed by atoms with Gasteiger partial charge in [-0.15, -0.1) is 0 Å². The number of nitrogens with zero attached hydrogens (tertiary/aromatic N) is 2. The lowest BCUT2D eigenvalue weighted by Crippen LogP contribution is -2.16. The number of fused-ring (bicyclic) bond motifs is 1. The Morgan fingerprint density at radius 3 is 3.44 bits per heavy atom. The zero-order valence-electron chi connectivity index (χ0n) is 8.55. The summed E-state index contributed by atoms with van der Waals surface area (Å²) in [5.74, 6) is 0.951. The molecule has 16 heavy (non-hydrogen) atoms. The van der Waals surface area contributed by atoms with E-state index >= 15 is 0 Å². The van der Waals surface area contributed by atoms with Gasteiger partial charge in [0.05, 0.1) is 12.8 Å². The quantitative estimate of drug-likeness (QED) is 0.844. The van der Waals surface area contributed by atoms with Crippen molar-refractivity contribution in [3.63, 3.8) is 0 Å². The summed E-state index contributed by atoms with van der Waals surface area (Å²) >= 11 is 3.39. The van der Waals surface area contributed by atoms with Gasteiger partial charge >= 0.3 is 0 Å². The van der Waals surface area contributed by atoms with E-state index in [-0.39, 0.29) is 0 Å². The number of pyridine rings is 1. The summed E-state index contributed by atoms with van der Waals surface area (Å²) in [4.78, 5) is 9.81. The van der Waals surface area contributed by atoms with Crippen molar-refractivity contribution >= 4 is 33.4 Å². The number of aromatic nitrogens is 2. The lowest BCUT2D eigenvalue weighted by atomic mass is 10.4. The van der Waals surface area contributed by atoms with Crippen molar-refractivity contribution in [1.82, 2.24) is 15.3 Å². The van der Waals surface area contributed by atoms with Gasteiger partial charge in [-0.3, -0.25) is 5.32 Å². The van der Waals surface area contributed by atoms with Crippen LogP contribution in [0.1, 0.15) is 0 Å². The van der Waals surface area contributed by atoms with Crippen molar-refractivity contribution in [1.29, 1.82) is 0 Å². The lowest BCUT2D eigenvalue weighted by Gasteiger charge is -2.04. The van der Waals surface area contributed by atoms with E-state index in [2.05, 4.69) is 15.3 Å². The number of nitrogens with one attached hydrogen (secondary N) is 1. The Hall–Kier alpha value is -0.690. The summed E-state index contributed by atoms with van der Waals surface area (Å²) in [6.45, 7) is 1.61. The smallest absolute Gasteiger partial charge is 0.152 e. The molecule has 1 aliphatic rings. The Balaban J connectivity index is 1.69. The fraction of sp³-hybridized carbons (Fsp3) is 0.400.